The molecule has 0 heterocycles. The molecule has 1 aliphatic carbocycles. The maximum atomic E-state index is 12.0. The highest BCUT2D eigenvalue weighted by Gasteiger charge is 2.58. The van der Waals surface area contributed by atoms with E-state index < -0.39 is 17.4 Å². The Balaban J connectivity index is 2.76. The Labute approximate surface area is 116 Å². The molecule has 0 aromatic heterocycles. The minimum absolute atomic E-state index is 0.209. The van der Waals surface area contributed by atoms with Crippen molar-refractivity contribution in [3.05, 3.63) is 0 Å². The zero-order chi connectivity index (χ0) is 13.2. The number of rotatable bonds is 4. The summed E-state index contributed by atoms with van der Waals surface area (Å²) in [7, 11) is 0. The summed E-state index contributed by atoms with van der Waals surface area (Å²) in [5.41, 5.74) is -1.06. The van der Waals surface area contributed by atoms with Gasteiger partial charge < -0.3 is 9.47 Å². The van der Waals surface area contributed by atoms with Crippen LogP contribution in [-0.4, -0.2) is 28.1 Å². The van der Waals surface area contributed by atoms with Crippen LogP contribution in [0.15, 0.2) is 0 Å². The van der Waals surface area contributed by atoms with Gasteiger partial charge in [0.1, 0.15) is 0 Å². The quantitative estimate of drug-likeness (QED) is 0.337. The first-order valence-electron chi connectivity index (χ1n) is 5.84. The van der Waals surface area contributed by atoms with Crippen LogP contribution in [0, 0.1) is 5.41 Å². The van der Waals surface area contributed by atoms with Gasteiger partial charge in [0.25, 0.3) is 0 Å². The highest BCUT2D eigenvalue weighted by molar-refractivity contribution is 14.1. The minimum Gasteiger partial charge on any atom is -0.462 e. The predicted molar refractivity (Wildman–Crippen MR) is 71.9 cm³/mol. The van der Waals surface area contributed by atoms with Crippen molar-refractivity contribution in [3.63, 3.8) is 0 Å². The summed E-state index contributed by atoms with van der Waals surface area (Å²) in [5.74, 6) is -0.878. The number of halogens is 1. The van der Waals surface area contributed by atoms with Crippen molar-refractivity contribution in [1.82, 2.24) is 0 Å². The summed E-state index contributed by atoms with van der Waals surface area (Å²) in [6.07, 6.45) is 0.619. The van der Waals surface area contributed by atoms with Crippen molar-refractivity contribution in [2.75, 3.05) is 0 Å². The zero-order valence-electron chi connectivity index (χ0n) is 10.7. The fourth-order valence-electron chi connectivity index (χ4n) is 1.77. The van der Waals surface area contributed by atoms with Gasteiger partial charge in [-0.15, -0.1) is 0 Å². The van der Waals surface area contributed by atoms with E-state index in [2.05, 4.69) is 22.6 Å². The van der Waals surface area contributed by atoms with Gasteiger partial charge in [0.2, 0.25) is 0 Å². The van der Waals surface area contributed by atoms with Gasteiger partial charge in [0, 0.05) is 3.92 Å². The van der Waals surface area contributed by atoms with E-state index in [-0.39, 0.29) is 12.2 Å². The fraction of sp³-hybridized carbons (Fsp3) is 0.833. The summed E-state index contributed by atoms with van der Waals surface area (Å²) < 4.78 is 10.7. The first kappa shape index (κ1) is 14.7. The second-order valence-corrected chi connectivity index (χ2v) is 6.76. The van der Waals surface area contributed by atoms with Crippen LogP contribution >= 0.6 is 22.6 Å². The van der Waals surface area contributed by atoms with Crippen LogP contribution < -0.4 is 0 Å². The molecule has 17 heavy (non-hydrogen) atoms. The lowest BCUT2D eigenvalue weighted by molar-refractivity contribution is -0.183. The lowest BCUT2D eigenvalue weighted by atomic mass is 9.68. The molecule has 1 rings (SSSR count). The van der Waals surface area contributed by atoms with Gasteiger partial charge in [0.15, 0.2) is 5.41 Å². The predicted octanol–water partition coefficient (Wildman–Crippen LogP) is 2.47. The molecular formula is C12H19IO4. The van der Waals surface area contributed by atoms with Gasteiger partial charge in [-0.25, -0.2) is 0 Å². The fourth-order valence-corrected chi connectivity index (χ4v) is 3.27. The highest BCUT2D eigenvalue weighted by Crippen LogP contribution is 2.47. The lowest BCUT2D eigenvalue weighted by Crippen LogP contribution is -2.53. The zero-order valence-corrected chi connectivity index (χ0v) is 12.8. The second kappa shape index (κ2) is 5.54. The second-order valence-electron chi connectivity index (χ2n) is 5.00. The summed E-state index contributed by atoms with van der Waals surface area (Å²) >= 11 is 2.24. The van der Waals surface area contributed by atoms with Gasteiger partial charge in [-0.1, -0.05) is 22.6 Å². The van der Waals surface area contributed by atoms with Crippen LogP contribution in [-0.2, 0) is 19.1 Å². The summed E-state index contributed by atoms with van der Waals surface area (Å²) in [4.78, 5) is 24.0. The molecule has 5 heteroatoms. The van der Waals surface area contributed by atoms with E-state index in [1.165, 1.54) is 0 Å². The number of esters is 2. The first-order chi connectivity index (χ1) is 7.78. The maximum Gasteiger partial charge on any atom is 0.323 e. The number of carbonyl (C=O) groups excluding carboxylic acids is 2. The average molecular weight is 354 g/mol. The molecule has 0 bridgehead atoms. The minimum atomic E-state index is -1.06. The molecule has 0 amide bonds. The van der Waals surface area contributed by atoms with Crippen molar-refractivity contribution in [3.8, 4) is 0 Å². The number of alkyl halides is 1. The average Bonchev–Trinajstić information content (AvgIpc) is 2.09. The summed E-state index contributed by atoms with van der Waals surface area (Å²) in [6, 6.07) is 0. The van der Waals surface area contributed by atoms with Gasteiger partial charge in [-0.2, -0.15) is 0 Å². The van der Waals surface area contributed by atoms with Crippen molar-refractivity contribution in [2.45, 2.75) is 56.7 Å². The molecule has 0 spiro atoms. The van der Waals surface area contributed by atoms with E-state index in [1.54, 1.807) is 27.7 Å². The smallest absolute Gasteiger partial charge is 0.323 e. The van der Waals surface area contributed by atoms with E-state index in [0.29, 0.717) is 16.8 Å². The van der Waals surface area contributed by atoms with Gasteiger partial charge >= 0.3 is 11.9 Å². The third-order valence-electron chi connectivity index (χ3n) is 2.61. The monoisotopic (exact) mass is 354 g/mol. The highest BCUT2D eigenvalue weighted by atomic mass is 127. The van der Waals surface area contributed by atoms with Crippen molar-refractivity contribution >= 4 is 34.5 Å². The molecule has 1 fully saturated rings. The Morgan fingerprint density at radius 2 is 1.41 bits per heavy atom. The van der Waals surface area contributed by atoms with E-state index in [0.717, 1.165) is 0 Å². The largest absolute Gasteiger partial charge is 0.462 e. The van der Waals surface area contributed by atoms with Crippen LogP contribution in [0.3, 0.4) is 0 Å². The van der Waals surface area contributed by atoms with Crippen molar-refractivity contribution in [2.24, 2.45) is 5.41 Å². The lowest BCUT2D eigenvalue weighted by Gasteiger charge is -2.41. The molecule has 0 aliphatic heterocycles. The maximum absolute atomic E-state index is 12.0. The van der Waals surface area contributed by atoms with Gasteiger partial charge in [-0.05, 0) is 40.5 Å². The molecule has 0 aromatic carbocycles. The first-order valence-corrected chi connectivity index (χ1v) is 7.08. The van der Waals surface area contributed by atoms with Crippen LogP contribution in [0.25, 0.3) is 0 Å². The van der Waals surface area contributed by atoms with E-state index in [4.69, 9.17) is 9.47 Å². The number of hydrogen-bond donors (Lipinski definition) is 0. The summed E-state index contributed by atoms with van der Waals surface area (Å²) in [6.45, 7) is 7.11. The van der Waals surface area contributed by atoms with Crippen LogP contribution in [0.2, 0.25) is 0 Å². The number of carbonyl (C=O) groups is 2. The third kappa shape index (κ3) is 3.33. The van der Waals surface area contributed by atoms with Gasteiger partial charge in [-0.3, -0.25) is 9.59 Å². The normalized spacial score (nSPS) is 19.0. The van der Waals surface area contributed by atoms with Crippen LogP contribution in [0.4, 0.5) is 0 Å². The molecule has 1 aliphatic rings. The van der Waals surface area contributed by atoms with E-state index in [9.17, 15) is 9.59 Å². The van der Waals surface area contributed by atoms with Crippen molar-refractivity contribution < 1.29 is 19.1 Å². The Morgan fingerprint density at radius 1 is 1.06 bits per heavy atom. The molecule has 0 saturated heterocycles. The Hall–Kier alpha value is -0.330. The van der Waals surface area contributed by atoms with E-state index in [1.807, 2.05) is 0 Å². The van der Waals surface area contributed by atoms with Crippen LogP contribution in [0.5, 0.6) is 0 Å². The SMILES string of the molecule is CC(C)OC(=O)C1(C(=O)OC(C)C)CC(I)C1. The number of hydrogen-bond acceptors (Lipinski definition) is 4. The molecule has 98 valence electrons. The Bertz CT molecular complexity index is 282. The molecule has 0 N–H and O–H groups in total. The van der Waals surface area contributed by atoms with Gasteiger partial charge in [0.05, 0.1) is 12.2 Å². The van der Waals surface area contributed by atoms with Crippen LogP contribution in [0.1, 0.15) is 40.5 Å². The Kier molecular flexibility index (Phi) is 4.80. The standard InChI is InChI=1S/C12H19IO4/c1-7(2)16-10(14)12(5-9(13)6-12)11(15)17-8(3)4/h7-9H,5-6H2,1-4H3. The molecule has 0 atom stereocenters. The summed E-state index contributed by atoms with van der Waals surface area (Å²) in [5, 5.41) is 0. The number of ether oxygens (including phenoxy) is 2. The van der Waals surface area contributed by atoms with Crippen molar-refractivity contribution in [1.29, 1.82) is 0 Å². The third-order valence-corrected chi connectivity index (χ3v) is 3.49. The Morgan fingerprint density at radius 3 is 1.65 bits per heavy atom. The molecule has 0 unspecified atom stereocenters. The molecule has 0 aromatic rings. The molecular weight excluding hydrogens is 335 g/mol. The molecule has 0 radical (unpaired) electrons. The molecule has 1 saturated carbocycles. The van der Waals surface area contributed by atoms with E-state index >= 15 is 0 Å². The molecule has 4 nitrogen and oxygen atoms in total. The topological polar surface area (TPSA) is 52.6 Å².